The highest BCUT2D eigenvalue weighted by Gasteiger charge is 2.11. The van der Waals surface area contributed by atoms with E-state index < -0.39 is 0 Å². The summed E-state index contributed by atoms with van der Waals surface area (Å²) in [4.78, 5) is 7.62. The molecular formula is C23H20N2. The number of imidazole rings is 1. The largest absolute Gasteiger partial charge is 0.345 e. The van der Waals surface area contributed by atoms with Gasteiger partial charge in [0.05, 0.1) is 0 Å². The molecule has 4 aromatic rings. The third-order valence-corrected chi connectivity index (χ3v) is 4.68. The summed E-state index contributed by atoms with van der Waals surface area (Å²) in [7, 11) is 0. The second kappa shape index (κ2) is 6.78. The summed E-state index contributed by atoms with van der Waals surface area (Å²) in [5.74, 6) is 0.927. The molecule has 4 rings (SSSR count). The highest BCUT2D eigenvalue weighted by molar-refractivity contribution is 5.69. The van der Waals surface area contributed by atoms with Crippen LogP contribution in [0.4, 0.5) is 0 Å². The molecule has 1 N–H and O–H groups in total. The fourth-order valence-corrected chi connectivity index (χ4v) is 3.32. The Labute approximate surface area is 148 Å². The second-order valence-electron chi connectivity index (χ2n) is 6.23. The zero-order valence-electron chi connectivity index (χ0n) is 14.2. The lowest BCUT2D eigenvalue weighted by atomic mass is 9.92. The number of aromatic amines is 1. The first-order valence-electron chi connectivity index (χ1n) is 8.54. The van der Waals surface area contributed by atoms with E-state index in [1.54, 1.807) is 6.20 Å². The van der Waals surface area contributed by atoms with E-state index in [9.17, 15) is 0 Å². The first kappa shape index (κ1) is 15.4. The van der Waals surface area contributed by atoms with Crippen LogP contribution in [0.25, 0.3) is 22.5 Å². The molecule has 0 saturated carbocycles. The molecule has 0 fully saturated rings. The highest BCUT2D eigenvalue weighted by Crippen LogP contribution is 2.29. The van der Waals surface area contributed by atoms with E-state index in [2.05, 4.69) is 89.7 Å². The van der Waals surface area contributed by atoms with Gasteiger partial charge in [0.2, 0.25) is 0 Å². The zero-order chi connectivity index (χ0) is 17.1. The Morgan fingerprint density at radius 1 is 0.760 bits per heavy atom. The molecule has 0 unspecified atom stereocenters. The van der Waals surface area contributed by atoms with Crippen molar-refractivity contribution in [3.8, 4) is 22.5 Å². The minimum Gasteiger partial charge on any atom is -0.345 e. The van der Waals surface area contributed by atoms with Gasteiger partial charge >= 0.3 is 0 Å². The minimum absolute atomic E-state index is 0.908. The third-order valence-electron chi connectivity index (χ3n) is 4.68. The Balaban J connectivity index is 1.74. The summed E-state index contributed by atoms with van der Waals surface area (Å²) < 4.78 is 0. The first-order chi connectivity index (χ1) is 12.3. The molecule has 0 aliphatic carbocycles. The second-order valence-corrected chi connectivity index (χ2v) is 6.23. The Morgan fingerprint density at radius 2 is 1.48 bits per heavy atom. The monoisotopic (exact) mass is 324 g/mol. The summed E-state index contributed by atoms with van der Waals surface area (Å²) in [5.41, 5.74) is 7.68. The van der Waals surface area contributed by atoms with Crippen LogP contribution in [0.2, 0.25) is 0 Å². The van der Waals surface area contributed by atoms with E-state index in [0.717, 1.165) is 12.2 Å². The molecule has 2 nitrogen and oxygen atoms in total. The van der Waals surface area contributed by atoms with E-state index in [1.807, 2.05) is 6.20 Å². The quantitative estimate of drug-likeness (QED) is 0.517. The van der Waals surface area contributed by atoms with Crippen LogP contribution in [0, 0.1) is 6.92 Å². The Bertz CT molecular complexity index is 970. The van der Waals surface area contributed by atoms with E-state index in [0.29, 0.717) is 0 Å². The van der Waals surface area contributed by atoms with Gasteiger partial charge in [-0.15, -0.1) is 0 Å². The molecule has 25 heavy (non-hydrogen) atoms. The number of nitrogens with zero attached hydrogens (tertiary/aromatic N) is 1. The van der Waals surface area contributed by atoms with Crippen LogP contribution >= 0.6 is 0 Å². The van der Waals surface area contributed by atoms with Crippen molar-refractivity contribution < 1.29 is 0 Å². The molecule has 2 heteroatoms. The molecule has 0 radical (unpaired) electrons. The van der Waals surface area contributed by atoms with E-state index in [1.165, 1.54) is 33.4 Å². The SMILES string of the molecule is Cc1c(Cc2ccccc2-c2ccccc2)cccc1-c1ncc[nH]1. The normalized spacial score (nSPS) is 10.8. The lowest BCUT2D eigenvalue weighted by molar-refractivity contribution is 1.15. The molecular weight excluding hydrogens is 304 g/mol. The standard InChI is InChI=1S/C23H20N2/c1-17-19(11-7-13-21(17)23-24-14-15-25-23)16-20-10-5-6-12-22(20)18-8-3-2-4-9-18/h2-15H,16H2,1H3,(H,24,25). The molecule has 0 aliphatic heterocycles. The number of benzene rings is 3. The minimum atomic E-state index is 0.908. The topological polar surface area (TPSA) is 28.7 Å². The maximum Gasteiger partial charge on any atom is 0.137 e. The lowest BCUT2D eigenvalue weighted by Gasteiger charge is -2.13. The maximum atomic E-state index is 4.41. The van der Waals surface area contributed by atoms with Gasteiger partial charge in [0, 0.05) is 18.0 Å². The van der Waals surface area contributed by atoms with Crippen LogP contribution < -0.4 is 0 Å². The predicted molar refractivity (Wildman–Crippen MR) is 103 cm³/mol. The van der Waals surface area contributed by atoms with Crippen LogP contribution in [0.15, 0.2) is 85.2 Å². The van der Waals surface area contributed by atoms with E-state index >= 15 is 0 Å². The molecule has 122 valence electrons. The van der Waals surface area contributed by atoms with Gasteiger partial charge in [-0.1, -0.05) is 72.8 Å². The molecule has 0 bridgehead atoms. The fourth-order valence-electron chi connectivity index (χ4n) is 3.32. The number of aromatic nitrogens is 2. The van der Waals surface area contributed by atoms with Crippen molar-refractivity contribution in [1.82, 2.24) is 9.97 Å². The molecule has 1 aromatic heterocycles. The number of rotatable bonds is 4. The number of hydrogen-bond acceptors (Lipinski definition) is 1. The van der Waals surface area contributed by atoms with Gasteiger partial charge in [0.15, 0.2) is 0 Å². The Kier molecular flexibility index (Phi) is 4.17. The van der Waals surface area contributed by atoms with Crippen LogP contribution in [0.1, 0.15) is 16.7 Å². The summed E-state index contributed by atoms with van der Waals surface area (Å²) in [5, 5.41) is 0. The summed E-state index contributed by atoms with van der Waals surface area (Å²) >= 11 is 0. The van der Waals surface area contributed by atoms with Gasteiger partial charge < -0.3 is 4.98 Å². The third kappa shape index (κ3) is 3.11. The Morgan fingerprint density at radius 3 is 2.28 bits per heavy atom. The first-order valence-corrected chi connectivity index (χ1v) is 8.54. The fraction of sp³-hybridized carbons (Fsp3) is 0.0870. The Hall–Kier alpha value is -3.13. The molecule has 1 heterocycles. The summed E-state index contributed by atoms with van der Waals surface area (Å²) in [6, 6.07) is 25.7. The molecule has 0 atom stereocenters. The molecule has 0 spiro atoms. The molecule has 3 aromatic carbocycles. The van der Waals surface area contributed by atoms with Crippen molar-refractivity contribution >= 4 is 0 Å². The van der Waals surface area contributed by atoms with Crippen molar-refractivity contribution in [2.75, 3.05) is 0 Å². The van der Waals surface area contributed by atoms with Crippen molar-refractivity contribution in [3.05, 3.63) is 102 Å². The average molecular weight is 324 g/mol. The summed E-state index contributed by atoms with van der Waals surface area (Å²) in [6.45, 7) is 2.18. The average Bonchev–Trinajstić information content (AvgIpc) is 3.19. The number of H-pyrrole nitrogens is 1. The van der Waals surface area contributed by atoms with Crippen molar-refractivity contribution in [3.63, 3.8) is 0 Å². The maximum absolute atomic E-state index is 4.41. The van der Waals surface area contributed by atoms with Gasteiger partial charge in [-0.3, -0.25) is 0 Å². The van der Waals surface area contributed by atoms with Gasteiger partial charge in [-0.05, 0) is 41.2 Å². The molecule has 0 amide bonds. The van der Waals surface area contributed by atoms with Crippen LogP contribution in [0.5, 0.6) is 0 Å². The van der Waals surface area contributed by atoms with Gasteiger partial charge in [0.25, 0.3) is 0 Å². The van der Waals surface area contributed by atoms with Crippen LogP contribution in [0.3, 0.4) is 0 Å². The van der Waals surface area contributed by atoms with Crippen LogP contribution in [-0.2, 0) is 6.42 Å². The van der Waals surface area contributed by atoms with Gasteiger partial charge in [-0.25, -0.2) is 4.98 Å². The van der Waals surface area contributed by atoms with E-state index in [-0.39, 0.29) is 0 Å². The van der Waals surface area contributed by atoms with Crippen molar-refractivity contribution in [2.45, 2.75) is 13.3 Å². The highest BCUT2D eigenvalue weighted by atomic mass is 14.9. The van der Waals surface area contributed by atoms with Crippen molar-refractivity contribution in [1.29, 1.82) is 0 Å². The van der Waals surface area contributed by atoms with Gasteiger partial charge in [-0.2, -0.15) is 0 Å². The number of hydrogen-bond donors (Lipinski definition) is 1. The molecule has 0 aliphatic rings. The smallest absolute Gasteiger partial charge is 0.137 e. The van der Waals surface area contributed by atoms with Gasteiger partial charge in [0.1, 0.15) is 5.82 Å². The summed E-state index contributed by atoms with van der Waals surface area (Å²) in [6.07, 6.45) is 4.57. The van der Waals surface area contributed by atoms with Crippen LogP contribution in [-0.4, -0.2) is 9.97 Å². The van der Waals surface area contributed by atoms with Crippen molar-refractivity contribution in [2.24, 2.45) is 0 Å². The molecule has 0 saturated heterocycles. The number of nitrogens with one attached hydrogen (secondary N) is 1. The predicted octanol–water partition coefficient (Wildman–Crippen LogP) is 5.64. The lowest BCUT2D eigenvalue weighted by Crippen LogP contribution is -1.97. The zero-order valence-corrected chi connectivity index (χ0v) is 14.2. The van der Waals surface area contributed by atoms with E-state index in [4.69, 9.17) is 0 Å².